The van der Waals surface area contributed by atoms with Gasteiger partial charge in [0.25, 0.3) is 0 Å². The van der Waals surface area contributed by atoms with E-state index in [0.29, 0.717) is 6.42 Å². The maximum atomic E-state index is 12.2. The first-order chi connectivity index (χ1) is 14.7. The second-order valence-corrected chi connectivity index (χ2v) is 9.34. The number of thiophene rings is 1. The summed E-state index contributed by atoms with van der Waals surface area (Å²) >= 11 is 3.26. The lowest BCUT2D eigenvalue weighted by Crippen LogP contribution is -2.47. The standard InChI is InChI=1S/C23H28N4OS2/c1-18-4-2-5-21(14-18)27-11-9-26(10-12-27)8-3-7-24-22(28)15-20-17-30-23(25-20)19-6-13-29-16-19/h2,4-6,13-14,16-17H,3,7-12,15H2,1H3,(H,24,28). The molecular formula is C23H28N4OS2. The minimum Gasteiger partial charge on any atom is -0.369 e. The van der Waals surface area contributed by atoms with Gasteiger partial charge in [-0.15, -0.1) is 11.3 Å². The highest BCUT2D eigenvalue weighted by molar-refractivity contribution is 7.14. The summed E-state index contributed by atoms with van der Waals surface area (Å²) in [5, 5.41) is 10.2. The molecule has 1 fully saturated rings. The molecular weight excluding hydrogens is 412 g/mol. The van der Waals surface area contributed by atoms with Crippen molar-refractivity contribution in [2.45, 2.75) is 19.8 Å². The highest BCUT2D eigenvalue weighted by Crippen LogP contribution is 2.25. The Balaban J connectivity index is 1.12. The van der Waals surface area contributed by atoms with Gasteiger partial charge < -0.3 is 10.2 Å². The summed E-state index contributed by atoms with van der Waals surface area (Å²) in [4.78, 5) is 21.8. The van der Waals surface area contributed by atoms with Crippen molar-refractivity contribution in [2.75, 3.05) is 44.2 Å². The van der Waals surface area contributed by atoms with Crippen LogP contribution in [0.3, 0.4) is 0 Å². The van der Waals surface area contributed by atoms with E-state index in [9.17, 15) is 4.79 Å². The van der Waals surface area contributed by atoms with Gasteiger partial charge in [-0.2, -0.15) is 11.3 Å². The molecule has 4 rings (SSSR count). The van der Waals surface area contributed by atoms with Crippen molar-refractivity contribution in [3.63, 3.8) is 0 Å². The van der Waals surface area contributed by atoms with E-state index in [1.54, 1.807) is 22.7 Å². The first kappa shape index (κ1) is 21.0. The minimum absolute atomic E-state index is 0.0569. The molecule has 158 valence electrons. The Hall–Kier alpha value is -2.22. The summed E-state index contributed by atoms with van der Waals surface area (Å²) in [6, 6.07) is 10.8. The van der Waals surface area contributed by atoms with Crippen LogP contribution in [0.15, 0.2) is 46.5 Å². The van der Waals surface area contributed by atoms with Crippen LogP contribution >= 0.6 is 22.7 Å². The number of anilines is 1. The molecule has 1 aliphatic rings. The molecule has 1 aromatic carbocycles. The molecule has 0 radical (unpaired) electrons. The maximum Gasteiger partial charge on any atom is 0.226 e. The Bertz CT molecular complexity index is 946. The number of carbonyl (C=O) groups excluding carboxylic acids is 1. The number of amides is 1. The Kier molecular flexibility index (Phi) is 7.15. The summed E-state index contributed by atoms with van der Waals surface area (Å²) < 4.78 is 0. The van der Waals surface area contributed by atoms with E-state index in [1.165, 1.54) is 11.3 Å². The lowest BCUT2D eigenvalue weighted by Gasteiger charge is -2.36. The number of nitrogens with one attached hydrogen (secondary N) is 1. The first-order valence-electron chi connectivity index (χ1n) is 10.4. The average molecular weight is 441 g/mol. The molecule has 0 aliphatic carbocycles. The van der Waals surface area contributed by atoms with Crippen molar-refractivity contribution in [1.82, 2.24) is 15.2 Å². The smallest absolute Gasteiger partial charge is 0.226 e. The molecule has 2 aromatic heterocycles. The van der Waals surface area contributed by atoms with Crippen LogP contribution in [0.5, 0.6) is 0 Å². The molecule has 1 amide bonds. The quantitative estimate of drug-likeness (QED) is 0.537. The normalized spacial score (nSPS) is 14.8. The van der Waals surface area contributed by atoms with Crippen LogP contribution < -0.4 is 10.2 Å². The van der Waals surface area contributed by atoms with E-state index in [4.69, 9.17) is 0 Å². The second-order valence-electron chi connectivity index (χ2n) is 7.70. The maximum absolute atomic E-state index is 12.2. The number of thiazole rings is 1. The third kappa shape index (κ3) is 5.68. The largest absolute Gasteiger partial charge is 0.369 e. The van der Waals surface area contributed by atoms with Crippen molar-refractivity contribution in [3.05, 3.63) is 57.7 Å². The van der Waals surface area contributed by atoms with Crippen molar-refractivity contribution in [2.24, 2.45) is 0 Å². The molecule has 1 saturated heterocycles. The SMILES string of the molecule is Cc1cccc(N2CCN(CCCNC(=O)Cc3csc(-c4ccsc4)n3)CC2)c1. The van der Waals surface area contributed by atoms with Gasteiger partial charge in [0.15, 0.2) is 0 Å². The van der Waals surface area contributed by atoms with Crippen LogP contribution in [-0.2, 0) is 11.2 Å². The van der Waals surface area contributed by atoms with Crippen LogP contribution in [0.1, 0.15) is 17.7 Å². The van der Waals surface area contributed by atoms with Crippen LogP contribution in [0.25, 0.3) is 10.6 Å². The van der Waals surface area contributed by atoms with Gasteiger partial charge in [0.1, 0.15) is 5.01 Å². The molecule has 0 saturated carbocycles. The molecule has 7 heteroatoms. The number of nitrogens with zero attached hydrogens (tertiary/aromatic N) is 3. The molecule has 0 unspecified atom stereocenters. The highest BCUT2D eigenvalue weighted by atomic mass is 32.1. The monoisotopic (exact) mass is 440 g/mol. The second kappa shape index (κ2) is 10.2. The van der Waals surface area contributed by atoms with Crippen LogP contribution in [0, 0.1) is 6.92 Å². The van der Waals surface area contributed by atoms with E-state index in [1.807, 2.05) is 10.8 Å². The van der Waals surface area contributed by atoms with Crippen LogP contribution in [0.2, 0.25) is 0 Å². The van der Waals surface area contributed by atoms with E-state index in [2.05, 4.69) is 62.7 Å². The van der Waals surface area contributed by atoms with E-state index in [-0.39, 0.29) is 5.91 Å². The Morgan fingerprint density at radius 3 is 2.80 bits per heavy atom. The number of carbonyl (C=O) groups is 1. The van der Waals surface area contributed by atoms with E-state index >= 15 is 0 Å². The molecule has 0 atom stereocenters. The number of piperazine rings is 1. The number of aryl methyl sites for hydroxylation is 1. The first-order valence-corrected chi connectivity index (χ1v) is 12.3. The highest BCUT2D eigenvalue weighted by Gasteiger charge is 2.17. The molecule has 1 aliphatic heterocycles. The predicted molar refractivity (Wildman–Crippen MR) is 127 cm³/mol. The molecule has 5 nitrogen and oxygen atoms in total. The van der Waals surface area contributed by atoms with Gasteiger partial charge in [0.2, 0.25) is 5.91 Å². The van der Waals surface area contributed by atoms with E-state index < -0.39 is 0 Å². The van der Waals surface area contributed by atoms with E-state index in [0.717, 1.165) is 62.0 Å². The summed E-state index contributed by atoms with van der Waals surface area (Å²) in [6.45, 7) is 8.17. The fourth-order valence-electron chi connectivity index (χ4n) is 3.72. The number of hydrogen-bond donors (Lipinski definition) is 1. The third-order valence-electron chi connectivity index (χ3n) is 5.37. The molecule has 0 bridgehead atoms. The fourth-order valence-corrected chi connectivity index (χ4v) is 5.25. The molecule has 30 heavy (non-hydrogen) atoms. The Labute approximate surface area is 186 Å². The molecule has 3 aromatic rings. The van der Waals surface area contributed by atoms with Gasteiger partial charge in [0, 0.05) is 54.7 Å². The summed E-state index contributed by atoms with van der Waals surface area (Å²) in [6.07, 6.45) is 1.34. The lowest BCUT2D eigenvalue weighted by molar-refractivity contribution is -0.120. The third-order valence-corrected chi connectivity index (χ3v) is 7.00. The Morgan fingerprint density at radius 1 is 1.17 bits per heavy atom. The average Bonchev–Trinajstić information content (AvgIpc) is 3.44. The molecule has 3 heterocycles. The predicted octanol–water partition coefficient (Wildman–Crippen LogP) is 4.05. The van der Waals surface area contributed by atoms with Gasteiger partial charge in [0.05, 0.1) is 12.1 Å². The zero-order valence-corrected chi connectivity index (χ0v) is 19.0. The minimum atomic E-state index is 0.0569. The van der Waals surface area contributed by atoms with Crippen molar-refractivity contribution < 1.29 is 4.79 Å². The van der Waals surface area contributed by atoms with Crippen LogP contribution in [0.4, 0.5) is 5.69 Å². The number of aromatic nitrogens is 1. The molecule has 1 N–H and O–H groups in total. The number of benzene rings is 1. The van der Waals surface area contributed by atoms with Gasteiger partial charge >= 0.3 is 0 Å². The Morgan fingerprint density at radius 2 is 2.03 bits per heavy atom. The topological polar surface area (TPSA) is 48.5 Å². The van der Waals surface area contributed by atoms with Gasteiger partial charge in [-0.1, -0.05) is 12.1 Å². The van der Waals surface area contributed by atoms with Gasteiger partial charge in [-0.25, -0.2) is 4.98 Å². The van der Waals surface area contributed by atoms with Crippen LogP contribution in [-0.4, -0.2) is 55.1 Å². The van der Waals surface area contributed by atoms with Gasteiger partial charge in [-0.05, 0) is 49.0 Å². The van der Waals surface area contributed by atoms with Gasteiger partial charge in [-0.3, -0.25) is 9.69 Å². The number of hydrogen-bond acceptors (Lipinski definition) is 6. The summed E-state index contributed by atoms with van der Waals surface area (Å²) in [5.41, 5.74) is 4.63. The number of rotatable bonds is 8. The summed E-state index contributed by atoms with van der Waals surface area (Å²) in [5.74, 6) is 0.0569. The zero-order valence-electron chi connectivity index (χ0n) is 17.3. The molecule has 0 spiro atoms. The van der Waals surface area contributed by atoms with Crippen molar-refractivity contribution >= 4 is 34.3 Å². The zero-order chi connectivity index (χ0) is 20.8. The lowest BCUT2D eigenvalue weighted by atomic mass is 10.2. The summed E-state index contributed by atoms with van der Waals surface area (Å²) in [7, 11) is 0. The van der Waals surface area contributed by atoms with Crippen molar-refractivity contribution in [3.8, 4) is 10.6 Å². The fraction of sp³-hybridized carbons (Fsp3) is 0.391. The van der Waals surface area contributed by atoms with Crippen molar-refractivity contribution in [1.29, 1.82) is 0 Å².